The molecule has 0 spiro atoms. The van der Waals surface area contributed by atoms with E-state index >= 15 is 0 Å². The summed E-state index contributed by atoms with van der Waals surface area (Å²) in [5.41, 5.74) is 2.42. The number of amides is 1. The molecule has 4 rings (SSSR count). The van der Waals surface area contributed by atoms with Crippen LogP contribution < -0.4 is 5.32 Å². The SMILES string of the molecule is Cc1c(C(=O)NCCCc2ccccc2)oc2ccc(S(=O)(=O)N3CCCCCC3)cc12. The molecular formula is C25H30N2O4S. The average Bonchev–Trinajstić information content (AvgIpc) is 2.97. The molecule has 6 nitrogen and oxygen atoms in total. The van der Waals surface area contributed by atoms with Gasteiger partial charge in [0, 0.05) is 30.6 Å². The molecule has 1 amide bonds. The first kappa shape index (κ1) is 22.6. The summed E-state index contributed by atoms with van der Waals surface area (Å²) in [7, 11) is -3.56. The summed E-state index contributed by atoms with van der Waals surface area (Å²) in [6.07, 6.45) is 5.62. The van der Waals surface area contributed by atoms with Crippen LogP contribution in [0.2, 0.25) is 0 Å². The lowest BCUT2D eigenvalue weighted by Crippen LogP contribution is -2.31. The summed E-state index contributed by atoms with van der Waals surface area (Å²) in [5.74, 6) is -0.0345. The Balaban J connectivity index is 1.47. The van der Waals surface area contributed by atoms with Crippen LogP contribution in [-0.2, 0) is 16.4 Å². The number of hydrogen-bond donors (Lipinski definition) is 1. The summed E-state index contributed by atoms with van der Waals surface area (Å²) in [5, 5.41) is 3.58. The van der Waals surface area contributed by atoms with Gasteiger partial charge in [-0.25, -0.2) is 8.42 Å². The van der Waals surface area contributed by atoms with Gasteiger partial charge in [-0.2, -0.15) is 4.31 Å². The van der Waals surface area contributed by atoms with Crippen molar-refractivity contribution in [2.45, 2.75) is 50.3 Å². The van der Waals surface area contributed by atoms with Gasteiger partial charge in [-0.05, 0) is 56.4 Å². The fourth-order valence-electron chi connectivity index (χ4n) is 4.23. The number of carbonyl (C=O) groups is 1. The molecule has 7 heteroatoms. The van der Waals surface area contributed by atoms with Gasteiger partial charge in [0.1, 0.15) is 5.58 Å². The van der Waals surface area contributed by atoms with Crippen LogP contribution in [0.4, 0.5) is 0 Å². The second-order valence-corrected chi connectivity index (χ2v) is 10.3. The van der Waals surface area contributed by atoms with Crippen molar-refractivity contribution in [1.82, 2.24) is 9.62 Å². The molecular weight excluding hydrogens is 424 g/mol. The van der Waals surface area contributed by atoms with E-state index in [4.69, 9.17) is 4.42 Å². The van der Waals surface area contributed by atoms with E-state index in [9.17, 15) is 13.2 Å². The van der Waals surface area contributed by atoms with Crippen molar-refractivity contribution in [1.29, 1.82) is 0 Å². The number of benzene rings is 2. The highest BCUT2D eigenvalue weighted by Crippen LogP contribution is 2.29. The minimum atomic E-state index is -3.56. The van der Waals surface area contributed by atoms with Gasteiger partial charge in [-0.3, -0.25) is 4.79 Å². The fraction of sp³-hybridized carbons (Fsp3) is 0.400. The molecule has 1 fully saturated rings. The lowest BCUT2D eigenvalue weighted by Gasteiger charge is -2.19. The summed E-state index contributed by atoms with van der Waals surface area (Å²) < 4.78 is 33.7. The smallest absolute Gasteiger partial charge is 0.287 e. The summed E-state index contributed by atoms with van der Waals surface area (Å²) >= 11 is 0. The van der Waals surface area contributed by atoms with E-state index in [1.54, 1.807) is 29.4 Å². The van der Waals surface area contributed by atoms with Crippen LogP contribution >= 0.6 is 0 Å². The molecule has 0 bridgehead atoms. The van der Waals surface area contributed by atoms with Crippen molar-refractivity contribution in [3.05, 3.63) is 65.4 Å². The lowest BCUT2D eigenvalue weighted by atomic mass is 10.1. The fourth-order valence-corrected chi connectivity index (χ4v) is 5.77. The molecule has 170 valence electrons. The molecule has 1 aliphatic rings. The van der Waals surface area contributed by atoms with Crippen LogP contribution in [0.5, 0.6) is 0 Å². The minimum Gasteiger partial charge on any atom is -0.451 e. The van der Waals surface area contributed by atoms with Crippen LogP contribution in [-0.4, -0.2) is 38.3 Å². The van der Waals surface area contributed by atoms with Crippen molar-refractivity contribution in [3.8, 4) is 0 Å². The first-order chi connectivity index (χ1) is 15.5. The number of nitrogens with one attached hydrogen (secondary N) is 1. The van der Waals surface area contributed by atoms with Crippen LogP contribution in [0.1, 0.15) is 53.8 Å². The average molecular weight is 455 g/mol. The minimum absolute atomic E-state index is 0.240. The number of fused-ring (bicyclic) bond motifs is 1. The predicted molar refractivity (Wildman–Crippen MR) is 125 cm³/mol. The first-order valence-corrected chi connectivity index (χ1v) is 12.8. The molecule has 32 heavy (non-hydrogen) atoms. The maximum Gasteiger partial charge on any atom is 0.287 e. The number of sulfonamides is 1. The Morgan fingerprint density at radius 1 is 1.03 bits per heavy atom. The Morgan fingerprint density at radius 3 is 2.47 bits per heavy atom. The Kier molecular flexibility index (Phi) is 6.96. The summed E-state index contributed by atoms with van der Waals surface area (Å²) in [4.78, 5) is 12.9. The monoisotopic (exact) mass is 454 g/mol. The van der Waals surface area contributed by atoms with Crippen molar-refractivity contribution < 1.29 is 17.6 Å². The van der Waals surface area contributed by atoms with Crippen LogP contribution in [0.15, 0.2) is 57.8 Å². The molecule has 0 aliphatic carbocycles. The molecule has 3 aromatic rings. The zero-order valence-corrected chi connectivity index (χ0v) is 19.3. The van der Waals surface area contributed by atoms with Gasteiger partial charge in [0.05, 0.1) is 4.90 Å². The number of nitrogens with zero attached hydrogens (tertiary/aromatic N) is 1. The summed E-state index contributed by atoms with van der Waals surface area (Å²) in [6, 6.07) is 15.0. The van der Waals surface area contributed by atoms with Gasteiger partial charge in [0.15, 0.2) is 5.76 Å². The van der Waals surface area contributed by atoms with Gasteiger partial charge in [-0.1, -0.05) is 43.2 Å². The van der Waals surface area contributed by atoms with Crippen molar-refractivity contribution in [2.24, 2.45) is 0 Å². The normalized spacial score (nSPS) is 15.5. The molecule has 0 saturated carbocycles. The largest absolute Gasteiger partial charge is 0.451 e. The van der Waals surface area contributed by atoms with Crippen LogP contribution in [0, 0.1) is 6.92 Å². The second kappa shape index (κ2) is 9.88. The Hall–Kier alpha value is -2.64. The molecule has 2 heterocycles. The highest BCUT2D eigenvalue weighted by molar-refractivity contribution is 7.89. The van der Waals surface area contributed by atoms with E-state index in [-0.39, 0.29) is 16.6 Å². The highest BCUT2D eigenvalue weighted by Gasteiger charge is 2.26. The number of hydrogen-bond acceptors (Lipinski definition) is 4. The van der Waals surface area contributed by atoms with Gasteiger partial charge in [0.2, 0.25) is 10.0 Å². The van der Waals surface area contributed by atoms with Crippen LogP contribution in [0.25, 0.3) is 11.0 Å². The molecule has 1 aliphatic heterocycles. The zero-order valence-electron chi connectivity index (χ0n) is 18.5. The molecule has 1 N–H and O–H groups in total. The predicted octanol–water partition coefficient (Wildman–Crippen LogP) is 4.67. The van der Waals surface area contributed by atoms with E-state index < -0.39 is 10.0 Å². The van der Waals surface area contributed by atoms with Crippen LogP contribution in [0.3, 0.4) is 0 Å². The van der Waals surface area contributed by atoms with E-state index in [2.05, 4.69) is 17.4 Å². The third kappa shape index (κ3) is 4.89. The van der Waals surface area contributed by atoms with Crippen molar-refractivity contribution in [3.63, 3.8) is 0 Å². The Bertz CT molecular complexity index is 1180. The Labute approximate surface area is 189 Å². The molecule has 1 aromatic heterocycles. The second-order valence-electron chi connectivity index (χ2n) is 8.38. The first-order valence-electron chi connectivity index (χ1n) is 11.3. The maximum absolute atomic E-state index is 13.1. The van der Waals surface area contributed by atoms with Crippen molar-refractivity contribution >= 4 is 26.9 Å². The quantitative estimate of drug-likeness (QED) is 0.526. The summed E-state index contributed by atoms with van der Waals surface area (Å²) in [6.45, 7) is 3.45. The van der Waals surface area contributed by atoms with Gasteiger partial charge in [-0.15, -0.1) is 0 Å². The Morgan fingerprint density at radius 2 is 1.75 bits per heavy atom. The molecule has 0 atom stereocenters. The standard InChI is InChI=1S/C25H30N2O4S/c1-19-22-18-21(32(29,30)27-16-7-2-3-8-17-27)13-14-23(22)31-24(19)25(28)26-15-9-12-20-10-5-4-6-11-20/h4-6,10-11,13-14,18H,2-3,7-9,12,15-17H2,1H3,(H,26,28). The number of aryl methyl sites for hydroxylation is 2. The van der Waals surface area contributed by atoms with E-state index in [0.717, 1.165) is 38.5 Å². The molecule has 1 saturated heterocycles. The highest BCUT2D eigenvalue weighted by atomic mass is 32.2. The third-order valence-electron chi connectivity index (χ3n) is 6.09. The van der Waals surface area contributed by atoms with Gasteiger partial charge < -0.3 is 9.73 Å². The maximum atomic E-state index is 13.1. The van der Waals surface area contributed by atoms with E-state index in [1.165, 1.54) is 5.56 Å². The lowest BCUT2D eigenvalue weighted by molar-refractivity contribution is 0.0927. The van der Waals surface area contributed by atoms with Crippen molar-refractivity contribution in [2.75, 3.05) is 19.6 Å². The zero-order chi connectivity index (χ0) is 22.6. The third-order valence-corrected chi connectivity index (χ3v) is 7.98. The topological polar surface area (TPSA) is 79.6 Å². The van der Waals surface area contributed by atoms with Gasteiger partial charge >= 0.3 is 0 Å². The molecule has 0 radical (unpaired) electrons. The van der Waals surface area contributed by atoms with E-state index in [1.807, 2.05) is 18.2 Å². The number of rotatable bonds is 7. The molecule has 2 aromatic carbocycles. The van der Waals surface area contributed by atoms with Gasteiger partial charge in [0.25, 0.3) is 5.91 Å². The van der Waals surface area contributed by atoms with E-state index in [0.29, 0.717) is 36.2 Å². The number of furan rings is 1. The number of carbonyl (C=O) groups excluding carboxylic acids is 1. The molecule has 0 unspecified atom stereocenters.